The zero-order valence-electron chi connectivity index (χ0n) is 12.7. The molecule has 0 aliphatic heterocycles. The summed E-state index contributed by atoms with van der Waals surface area (Å²) in [5, 5.41) is 6.97. The molecule has 0 aliphatic rings. The van der Waals surface area contributed by atoms with Gasteiger partial charge in [0.25, 0.3) is 5.91 Å². The van der Waals surface area contributed by atoms with E-state index in [0.29, 0.717) is 10.6 Å². The largest absolute Gasteiger partial charge is 0.345 e. The van der Waals surface area contributed by atoms with E-state index in [9.17, 15) is 9.18 Å². The van der Waals surface area contributed by atoms with Crippen LogP contribution in [-0.2, 0) is 0 Å². The number of benzene rings is 2. The molecule has 0 fully saturated rings. The summed E-state index contributed by atoms with van der Waals surface area (Å²) in [6, 6.07) is 13.3. The van der Waals surface area contributed by atoms with E-state index in [1.807, 2.05) is 31.2 Å². The van der Waals surface area contributed by atoms with Crippen molar-refractivity contribution in [1.82, 2.24) is 14.9 Å². The molecular formula is C17H13BrFN3OS. The van der Waals surface area contributed by atoms with Crippen LogP contribution < -0.4 is 5.32 Å². The van der Waals surface area contributed by atoms with Crippen LogP contribution in [-0.4, -0.2) is 15.5 Å². The average molecular weight is 406 g/mol. The molecule has 3 rings (SSSR count). The highest BCUT2D eigenvalue weighted by Crippen LogP contribution is 2.26. The molecule has 1 amide bonds. The lowest BCUT2D eigenvalue weighted by Crippen LogP contribution is -2.26. The minimum atomic E-state index is -0.304. The number of nitrogens with zero attached hydrogens (tertiary/aromatic N) is 2. The molecule has 0 unspecified atom stereocenters. The Labute approximate surface area is 151 Å². The van der Waals surface area contributed by atoms with Crippen molar-refractivity contribution in [2.75, 3.05) is 0 Å². The van der Waals surface area contributed by atoms with Crippen LogP contribution in [0.1, 0.15) is 28.2 Å². The van der Waals surface area contributed by atoms with E-state index in [1.54, 1.807) is 12.1 Å². The molecule has 1 atom stereocenters. The maximum atomic E-state index is 13.0. The first-order valence-corrected chi connectivity index (χ1v) is 8.76. The Morgan fingerprint density at radius 1 is 1.17 bits per heavy atom. The van der Waals surface area contributed by atoms with Gasteiger partial charge in [-0.05, 0) is 48.3 Å². The van der Waals surface area contributed by atoms with Crippen LogP contribution in [0.25, 0.3) is 11.3 Å². The van der Waals surface area contributed by atoms with Gasteiger partial charge in [-0.15, -0.1) is 5.10 Å². The van der Waals surface area contributed by atoms with Crippen molar-refractivity contribution in [3.8, 4) is 11.3 Å². The molecule has 0 saturated carbocycles. The van der Waals surface area contributed by atoms with Crippen LogP contribution in [0.5, 0.6) is 0 Å². The van der Waals surface area contributed by atoms with Crippen molar-refractivity contribution in [3.63, 3.8) is 0 Å². The molecule has 24 heavy (non-hydrogen) atoms. The Morgan fingerprint density at radius 2 is 1.83 bits per heavy atom. The molecule has 2 aromatic carbocycles. The number of carbonyl (C=O) groups is 1. The third-order valence-electron chi connectivity index (χ3n) is 3.53. The lowest BCUT2D eigenvalue weighted by Gasteiger charge is -2.14. The topological polar surface area (TPSA) is 54.9 Å². The SMILES string of the molecule is C[C@H](NC(=O)c1snnc1-c1ccc(Br)cc1)c1ccc(F)cc1. The summed E-state index contributed by atoms with van der Waals surface area (Å²) < 4.78 is 17.9. The van der Waals surface area contributed by atoms with Crippen molar-refractivity contribution >= 4 is 33.4 Å². The Hall–Kier alpha value is -2.12. The van der Waals surface area contributed by atoms with Crippen LogP contribution >= 0.6 is 27.5 Å². The molecule has 3 aromatic rings. The fraction of sp³-hybridized carbons (Fsp3) is 0.118. The van der Waals surface area contributed by atoms with Crippen LogP contribution in [0.15, 0.2) is 53.0 Å². The molecule has 1 N–H and O–H groups in total. The predicted molar refractivity (Wildman–Crippen MR) is 95.3 cm³/mol. The van der Waals surface area contributed by atoms with E-state index in [-0.39, 0.29) is 17.8 Å². The number of amides is 1. The number of hydrogen-bond donors (Lipinski definition) is 1. The van der Waals surface area contributed by atoms with E-state index in [2.05, 4.69) is 30.8 Å². The van der Waals surface area contributed by atoms with Crippen molar-refractivity contribution in [1.29, 1.82) is 0 Å². The van der Waals surface area contributed by atoms with Crippen LogP contribution in [0, 0.1) is 5.82 Å². The molecule has 1 heterocycles. The lowest BCUT2D eigenvalue weighted by atomic mass is 10.1. The average Bonchev–Trinajstić information content (AvgIpc) is 3.06. The Morgan fingerprint density at radius 3 is 2.50 bits per heavy atom. The van der Waals surface area contributed by atoms with Gasteiger partial charge in [0.2, 0.25) is 0 Å². The van der Waals surface area contributed by atoms with Gasteiger partial charge < -0.3 is 5.32 Å². The maximum Gasteiger partial charge on any atom is 0.265 e. The van der Waals surface area contributed by atoms with Crippen LogP contribution in [0.3, 0.4) is 0 Å². The normalized spacial score (nSPS) is 12.0. The number of hydrogen-bond acceptors (Lipinski definition) is 4. The summed E-state index contributed by atoms with van der Waals surface area (Å²) in [6.07, 6.45) is 0. The first kappa shape index (κ1) is 16.7. The predicted octanol–water partition coefficient (Wildman–Crippen LogP) is 4.60. The van der Waals surface area contributed by atoms with Gasteiger partial charge in [-0.25, -0.2) is 4.39 Å². The zero-order chi connectivity index (χ0) is 17.1. The summed E-state index contributed by atoms with van der Waals surface area (Å²) in [6.45, 7) is 1.85. The van der Waals surface area contributed by atoms with Crippen LogP contribution in [0.2, 0.25) is 0 Å². The first-order chi connectivity index (χ1) is 11.5. The molecule has 0 saturated heterocycles. The van der Waals surface area contributed by atoms with Gasteiger partial charge in [-0.3, -0.25) is 4.79 Å². The third-order valence-corrected chi connectivity index (χ3v) is 4.78. The summed E-state index contributed by atoms with van der Waals surface area (Å²) >= 11 is 4.43. The molecule has 4 nitrogen and oxygen atoms in total. The van der Waals surface area contributed by atoms with E-state index in [0.717, 1.165) is 27.1 Å². The maximum absolute atomic E-state index is 13.0. The fourth-order valence-electron chi connectivity index (χ4n) is 2.23. The number of rotatable bonds is 4. The molecule has 7 heteroatoms. The summed E-state index contributed by atoms with van der Waals surface area (Å²) in [4.78, 5) is 13.0. The third kappa shape index (κ3) is 3.68. The van der Waals surface area contributed by atoms with Crippen molar-refractivity contribution in [3.05, 3.63) is 69.3 Å². The van der Waals surface area contributed by atoms with E-state index in [4.69, 9.17) is 0 Å². The van der Waals surface area contributed by atoms with Gasteiger partial charge >= 0.3 is 0 Å². The fourth-order valence-corrected chi connectivity index (χ4v) is 3.09. The number of aromatic nitrogens is 2. The van der Waals surface area contributed by atoms with Crippen molar-refractivity contribution in [2.45, 2.75) is 13.0 Å². The molecule has 122 valence electrons. The first-order valence-electron chi connectivity index (χ1n) is 7.19. The van der Waals surface area contributed by atoms with Crippen LogP contribution in [0.4, 0.5) is 4.39 Å². The summed E-state index contributed by atoms with van der Waals surface area (Å²) in [5.41, 5.74) is 2.20. The monoisotopic (exact) mass is 405 g/mol. The second-order valence-corrected chi connectivity index (χ2v) is 6.87. The Kier molecular flexibility index (Phi) is 5.01. The smallest absolute Gasteiger partial charge is 0.265 e. The summed E-state index contributed by atoms with van der Waals surface area (Å²) in [7, 11) is 0. The van der Waals surface area contributed by atoms with Gasteiger partial charge in [0.1, 0.15) is 16.4 Å². The van der Waals surface area contributed by atoms with Gasteiger partial charge in [0, 0.05) is 10.0 Å². The van der Waals surface area contributed by atoms with Crippen molar-refractivity contribution in [2.24, 2.45) is 0 Å². The Balaban J connectivity index is 1.80. The highest BCUT2D eigenvalue weighted by atomic mass is 79.9. The zero-order valence-corrected chi connectivity index (χ0v) is 15.1. The summed E-state index contributed by atoms with van der Waals surface area (Å²) in [5.74, 6) is -0.554. The van der Waals surface area contributed by atoms with Gasteiger partial charge in [0.05, 0.1) is 6.04 Å². The minimum absolute atomic E-state index is 0.250. The van der Waals surface area contributed by atoms with Gasteiger partial charge in [-0.1, -0.05) is 44.7 Å². The highest BCUT2D eigenvalue weighted by Gasteiger charge is 2.19. The second-order valence-electron chi connectivity index (χ2n) is 5.20. The standard InChI is InChI=1S/C17H13BrFN3OS/c1-10(11-4-8-14(19)9-5-11)20-17(23)16-15(21-22-24-16)12-2-6-13(18)7-3-12/h2-10H,1H3,(H,20,23)/t10-/m0/s1. The van der Waals surface area contributed by atoms with E-state index < -0.39 is 0 Å². The molecule has 0 aliphatic carbocycles. The minimum Gasteiger partial charge on any atom is -0.345 e. The Bertz CT molecular complexity index is 849. The second kappa shape index (κ2) is 7.19. The molecular weight excluding hydrogens is 393 g/mol. The molecule has 0 bridgehead atoms. The number of halogens is 2. The van der Waals surface area contributed by atoms with E-state index >= 15 is 0 Å². The quantitative estimate of drug-likeness (QED) is 0.689. The number of nitrogens with one attached hydrogen (secondary N) is 1. The van der Waals surface area contributed by atoms with Gasteiger partial charge in [0.15, 0.2) is 0 Å². The molecule has 0 spiro atoms. The van der Waals surface area contributed by atoms with E-state index in [1.165, 1.54) is 12.1 Å². The molecule has 0 radical (unpaired) electrons. The lowest BCUT2D eigenvalue weighted by molar-refractivity contribution is 0.0944. The number of carbonyl (C=O) groups excluding carboxylic acids is 1. The molecule has 1 aromatic heterocycles. The van der Waals surface area contributed by atoms with Gasteiger partial charge in [-0.2, -0.15) is 0 Å². The highest BCUT2D eigenvalue weighted by molar-refractivity contribution is 9.10. The van der Waals surface area contributed by atoms with Crippen molar-refractivity contribution < 1.29 is 9.18 Å².